The topological polar surface area (TPSA) is 88.5 Å². The third-order valence-corrected chi connectivity index (χ3v) is 5.62. The van der Waals surface area contributed by atoms with Gasteiger partial charge in [-0.3, -0.25) is 4.79 Å². The maximum atomic E-state index is 13.0. The first-order chi connectivity index (χ1) is 11.5. The molecule has 3 rings (SSSR count). The van der Waals surface area contributed by atoms with Crippen molar-refractivity contribution in [2.45, 2.75) is 9.79 Å². The predicted molar refractivity (Wildman–Crippen MR) is 88.2 cm³/mol. The summed E-state index contributed by atoms with van der Waals surface area (Å²) in [6.07, 6.45) is 0.485. The monoisotopic (exact) mass is 340 g/mol. The fourth-order valence-corrected chi connectivity index (χ4v) is 4.26. The lowest BCUT2D eigenvalue weighted by Crippen LogP contribution is -2.11. The number of carboxylic acid groups (broad SMARTS) is 1. The van der Waals surface area contributed by atoms with Gasteiger partial charge in [0.1, 0.15) is 0 Å². The maximum absolute atomic E-state index is 13.0. The predicted octanol–water partition coefficient (Wildman–Crippen LogP) is 3.18. The van der Waals surface area contributed by atoms with Gasteiger partial charge in [0, 0.05) is 5.56 Å². The molecule has 0 aliphatic heterocycles. The van der Waals surface area contributed by atoms with E-state index in [0.717, 1.165) is 5.39 Å². The van der Waals surface area contributed by atoms with Crippen LogP contribution < -0.4 is 0 Å². The van der Waals surface area contributed by atoms with Gasteiger partial charge in [0.25, 0.3) is 0 Å². The Morgan fingerprint density at radius 1 is 0.875 bits per heavy atom. The minimum Gasteiger partial charge on any atom is -0.478 e. The lowest BCUT2D eigenvalue weighted by atomic mass is 10.1. The first-order valence-corrected chi connectivity index (χ1v) is 8.49. The average molecular weight is 340 g/mol. The van der Waals surface area contributed by atoms with E-state index in [1.54, 1.807) is 30.3 Å². The lowest BCUT2D eigenvalue weighted by Gasteiger charge is -2.11. The van der Waals surface area contributed by atoms with E-state index < -0.39 is 15.8 Å². The molecule has 5 nitrogen and oxygen atoms in total. The molecule has 0 atom stereocenters. The average Bonchev–Trinajstić information content (AvgIpc) is 2.60. The van der Waals surface area contributed by atoms with E-state index in [4.69, 9.17) is 0 Å². The van der Waals surface area contributed by atoms with Crippen molar-refractivity contribution in [1.82, 2.24) is 0 Å². The summed E-state index contributed by atoms with van der Waals surface area (Å²) < 4.78 is 25.9. The fourth-order valence-electron chi connectivity index (χ4n) is 2.63. The van der Waals surface area contributed by atoms with Crippen molar-refractivity contribution in [3.8, 4) is 0 Å². The van der Waals surface area contributed by atoms with E-state index >= 15 is 0 Å². The van der Waals surface area contributed by atoms with E-state index in [9.17, 15) is 23.1 Å². The van der Waals surface area contributed by atoms with Gasteiger partial charge >= 0.3 is 5.97 Å². The molecule has 0 aromatic heterocycles. The molecule has 0 saturated carbocycles. The van der Waals surface area contributed by atoms with Crippen LogP contribution in [0.1, 0.15) is 20.7 Å². The van der Waals surface area contributed by atoms with Crippen molar-refractivity contribution in [3.63, 3.8) is 0 Å². The number of carbonyl (C=O) groups is 2. The quantitative estimate of drug-likeness (QED) is 0.737. The summed E-state index contributed by atoms with van der Waals surface area (Å²) in [7, 11) is -4.16. The van der Waals surface area contributed by atoms with Crippen LogP contribution in [0.15, 0.2) is 70.5 Å². The Morgan fingerprint density at radius 2 is 1.54 bits per heavy atom. The zero-order chi connectivity index (χ0) is 17.3. The molecule has 0 bridgehead atoms. The van der Waals surface area contributed by atoms with Crippen LogP contribution in [0.25, 0.3) is 10.8 Å². The summed E-state index contributed by atoms with van der Waals surface area (Å²) in [5, 5.41) is 10.5. The first-order valence-electron chi connectivity index (χ1n) is 7.01. The molecule has 120 valence electrons. The first kappa shape index (κ1) is 15.9. The number of fused-ring (bicyclic) bond motifs is 1. The number of sulfone groups is 1. The second-order valence-electron chi connectivity index (χ2n) is 5.12. The lowest BCUT2D eigenvalue weighted by molar-refractivity contribution is 0.0692. The molecule has 3 aromatic rings. The van der Waals surface area contributed by atoms with E-state index in [-0.39, 0.29) is 20.9 Å². The summed E-state index contributed by atoms with van der Waals surface area (Å²) in [4.78, 5) is 22.3. The van der Waals surface area contributed by atoms with Crippen LogP contribution in [0.5, 0.6) is 0 Å². The summed E-state index contributed by atoms with van der Waals surface area (Å²) in [5.74, 6) is -1.34. The van der Waals surface area contributed by atoms with Crippen LogP contribution in [0.4, 0.5) is 0 Å². The van der Waals surface area contributed by atoms with E-state index in [0.29, 0.717) is 11.7 Å². The zero-order valence-electron chi connectivity index (χ0n) is 12.3. The summed E-state index contributed by atoms with van der Waals surface area (Å²) in [5.41, 5.74) is -0.309. The molecule has 24 heavy (non-hydrogen) atoms. The highest BCUT2D eigenvalue weighted by molar-refractivity contribution is 7.91. The number of aromatic carboxylic acids is 1. The Labute approximate surface area is 138 Å². The summed E-state index contributed by atoms with van der Waals surface area (Å²) in [6, 6.07) is 15.2. The van der Waals surface area contributed by atoms with Gasteiger partial charge in [0.05, 0.1) is 15.4 Å². The highest BCUT2D eigenvalue weighted by atomic mass is 32.2. The number of carbonyl (C=O) groups excluding carboxylic acids is 1. The van der Waals surface area contributed by atoms with E-state index in [1.165, 1.54) is 30.3 Å². The number of carboxylic acids is 1. The zero-order valence-corrected chi connectivity index (χ0v) is 13.2. The molecule has 0 fully saturated rings. The second-order valence-corrected chi connectivity index (χ2v) is 7.01. The maximum Gasteiger partial charge on any atom is 0.337 e. The molecule has 0 aliphatic carbocycles. The summed E-state index contributed by atoms with van der Waals surface area (Å²) >= 11 is 0. The second kappa shape index (κ2) is 5.90. The molecule has 0 unspecified atom stereocenters. The smallest absolute Gasteiger partial charge is 0.337 e. The van der Waals surface area contributed by atoms with Crippen molar-refractivity contribution in [2.75, 3.05) is 0 Å². The van der Waals surface area contributed by atoms with Crippen LogP contribution in [-0.2, 0) is 9.84 Å². The van der Waals surface area contributed by atoms with Crippen molar-refractivity contribution in [1.29, 1.82) is 0 Å². The third-order valence-electron chi connectivity index (χ3n) is 3.75. The number of hydrogen-bond acceptors (Lipinski definition) is 4. The number of benzene rings is 3. The van der Waals surface area contributed by atoms with Gasteiger partial charge in [0.15, 0.2) is 6.29 Å². The molecular weight excluding hydrogens is 328 g/mol. The van der Waals surface area contributed by atoms with Gasteiger partial charge in [-0.15, -0.1) is 0 Å². The molecule has 3 aromatic carbocycles. The standard InChI is InChI=1S/C18H12O5S/c19-11-15-13-6-2-1-5-12(13)9-10-17(15)24(22,23)16-8-4-3-7-14(16)18(20)21/h1-11H,(H,20,21). The molecule has 0 amide bonds. The molecule has 0 radical (unpaired) electrons. The van der Waals surface area contributed by atoms with Crippen molar-refractivity contribution in [3.05, 3.63) is 71.8 Å². The molecule has 0 spiro atoms. The number of hydrogen-bond donors (Lipinski definition) is 1. The van der Waals surface area contributed by atoms with Gasteiger partial charge in [-0.25, -0.2) is 13.2 Å². The minimum atomic E-state index is -4.16. The van der Waals surface area contributed by atoms with Crippen LogP contribution in [0.2, 0.25) is 0 Å². The molecule has 0 heterocycles. The normalized spacial score (nSPS) is 11.3. The van der Waals surface area contributed by atoms with Crippen LogP contribution >= 0.6 is 0 Å². The van der Waals surface area contributed by atoms with E-state index in [2.05, 4.69) is 0 Å². The Balaban J connectivity index is 2.35. The van der Waals surface area contributed by atoms with Crippen molar-refractivity contribution in [2.24, 2.45) is 0 Å². The van der Waals surface area contributed by atoms with Crippen molar-refractivity contribution < 1.29 is 23.1 Å². The molecule has 6 heteroatoms. The van der Waals surface area contributed by atoms with Crippen molar-refractivity contribution >= 4 is 32.9 Å². The Bertz CT molecular complexity index is 1070. The molecule has 1 N–H and O–H groups in total. The van der Waals surface area contributed by atoms with Crippen LogP contribution in [-0.4, -0.2) is 25.8 Å². The third kappa shape index (κ3) is 2.47. The van der Waals surface area contributed by atoms with E-state index in [1.807, 2.05) is 0 Å². The van der Waals surface area contributed by atoms with Gasteiger partial charge in [-0.1, -0.05) is 42.5 Å². The Kier molecular flexibility index (Phi) is 3.91. The summed E-state index contributed by atoms with van der Waals surface area (Å²) in [6.45, 7) is 0. The SMILES string of the molecule is O=Cc1c(S(=O)(=O)c2ccccc2C(=O)O)ccc2ccccc12. The Hall–Kier alpha value is -2.99. The highest BCUT2D eigenvalue weighted by Crippen LogP contribution is 2.30. The van der Waals surface area contributed by atoms with Gasteiger partial charge in [-0.2, -0.15) is 0 Å². The molecular formula is C18H12O5S. The Morgan fingerprint density at radius 3 is 2.25 bits per heavy atom. The number of rotatable bonds is 4. The number of aldehydes is 1. The van der Waals surface area contributed by atoms with Gasteiger partial charge < -0.3 is 5.11 Å². The fraction of sp³-hybridized carbons (Fsp3) is 0. The highest BCUT2D eigenvalue weighted by Gasteiger charge is 2.27. The largest absolute Gasteiger partial charge is 0.478 e. The van der Waals surface area contributed by atoms with Gasteiger partial charge in [-0.05, 0) is 29.0 Å². The molecule has 0 saturated heterocycles. The molecule has 0 aliphatic rings. The van der Waals surface area contributed by atoms with Crippen LogP contribution in [0, 0.1) is 0 Å². The minimum absolute atomic E-state index is 0.0216. The van der Waals surface area contributed by atoms with Gasteiger partial charge in [0.2, 0.25) is 9.84 Å². The van der Waals surface area contributed by atoms with Crippen LogP contribution in [0.3, 0.4) is 0 Å².